The molecule has 34 heavy (non-hydrogen) atoms. The van der Waals surface area contributed by atoms with Crippen molar-refractivity contribution in [3.63, 3.8) is 0 Å². The van der Waals surface area contributed by atoms with Crippen molar-refractivity contribution in [2.24, 2.45) is 0 Å². The van der Waals surface area contributed by atoms with E-state index in [9.17, 15) is 14.0 Å². The van der Waals surface area contributed by atoms with E-state index in [1.54, 1.807) is 6.07 Å². The number of ether oxygens (including phenoxy) is 2. The van der Waals surface area contributed by atoms with E-state index in [1.165, 1.54) is 44.8 Å². The van der Waals surface area contributed by atoms with E-state index in [0.717, 1.165) is 5.56 Å². The van der Waals surface area contributed by atoms with Crippen LogP contribution in [0.3, 0.4) is 0 Å². The Kier molecular flexibility index (Phi) is 7.75. The molecule has 0 saturated heterocycles. The molecule has 0 saturated carbocycles. The van der Waals surface area contributed by atoms with Crippen molar-refractivity contribution in [2.75, 3.05) is 24.8 Å². The first-order valence-electron chi connectivity index (χ1n) is 10.2. The van der Waals surface area contributed by atoms with E-state index in [1.807, 2.05) is 19.1 Å². The molecular formula is C24H24FN5O4. The predicted molar refractivity (Wildman–Crippen MR) is 126 cm³/mol. The van der Waals surface area contributed by atoms with E-state index in [-0.39, 0.29) is 41.2 Å². The molecule has 176 valence electrons. The van der Waals surface area contributed by atoms with Crippen molar-refractivity contribution >= 4 is 29.1 Å². The third-order valence-corrected chi connectivity index (χ3v) is 4.80. The molecule has 0 bridgehead atoms. The Morgan fingerprint density at radius 3 is 2.59 bits per heavy atom. The summed E-state index contributed by atoms with van der Waals surface area (Å²) in [5.41, 5.74) is 2.43. The Balaban J connectivity index is 1.74. The van der Waals surface area contributed by atoms with Crippen molar-refractivity contribution in [3.05, 3.63) is 77.9 Å². The number of benzene rings is 2. The molecule has 0 unspecified atom stereocenters. The van der Waals surface area contributed by atoms with Gasteiger partial charge in [-0.2, -0.15) is 0 Å². The highest BCUT2D eigenvalue weighted by Gasteiger charge is 2.16. The van der Waals surface area contributed by atoms with Crippen molar-refractivity contribution in [1.29, 1.82) is 0 Å². The summed E-state index contributed by atoms with van der Waals surface area (Å²) in [5, 5.41) is 8.29. The average molecular weight is 465 g/mol. The molecule has 3 N–H and O–H groups in total. The third kappa shape index (κ3) is 5.66. The topological polar surface area (TPSA) is 114 Å². The largest absolute Gasteiger partial charge is 0.494 e. The number of aryl methyl sites for hydroxylation is 1. The minimum atomic E-state index is -0.622. The van der Waals surface area contributed by atoms with Gasteiger partial charge in [-0.1, -0.05) is 18.7 Å². The maximum atomic E-state index is 14.6. The minimum Gasteiger partial charge on any atom is -0.494 e. The van der Waals surface area contributed by atoms with Gasteiger partial charge in [-0.15, -0.1) is 0 Å². The second kappa shape index (κ2) is 10.9. The van der Waals surface area contributed by atoms with Gasteiger partial charge in [-0.25, -0.2) is 14.4 Å². The summed E-state index contributed by atoms with van der Waals surface area (Å²) in [4.78, 5) is 32.1. The maximum Gasteiger partial charge on any atom is 0.251 e. The Morgan fingerprint density at radius 2 is 1.94 bits per heavy atom. The Hall–Kier alpha value is -4.47. The molecule has 0 radical (unpaired) electrons. The second-order valence-corrected chi connectivity index (χ2v) is 7.08. The molecular weight excluding hydrogens is 441 g/mol. The van der Waals surface area contributed by atoms with Gasteiger partial charge in [-0.3, -0.25) is 9.59 Å². The fourth-order valence-electron chi connectivity index (χ4n) is 3.03. The lowest BCUT2D eigenvalue weighted by Gasteiger charge is -2.14. The number of halogens is 1. The van der Waals surface area contributed by atoms with Crippen LogP contribution in [0.15, 0.2) is 55.4 Å². The van der Waals surface area contributed by atoms with Gasteiger partial charge < -0.3 is 25.4 Å². The van der Waals surface area contributed by atoms with Crippen LogP contribution in [0.4, 0.5) is 21.7 Å². The van der Waals surface area contributed by atoms with Crippen molar-refractivity contribution in [3.8, 4) is 11.5 Å². The Labute approximate surface area is 196 Å². The molecule has 2 amide bonds. The number of hydrogen-bond acceptors (Lipinski definition) is 7. The lowest BCUT2D eigenvalue weighted by atomic mass is 10.1. The van der Waals surface area contributed by atoms with Crippen LogP contribution < -0.4 is 25.4 Å². The molecule has 10 heteroatoms. The number of nitrogens with one attached hydrogen (secondary N) is 3. The van der Waals surface area contributed by atoms with Gasteiger partial charge in [0.05, 0.1) is 30.9 Å². The van der Waals surface area contributed by atoms with Gasteiger partial charge in [0.25, 0.3) is 5.91 Å². The number of hydrogen-bond donors (Lipinski definition) is 3. The summed E-state index contributed by atoms with van der Waals surface area (Å²) < 4.78 is 25.2. The van der Waals surface area contributed by atoms with Crippen molar-refractivity contribution in [1.82, 2.24) is 15.3 Å². The number of anilines is 3. The smallest absolute Gasteiger partial charge is 0.251 e. The molecule has 1 aromatic heterocycles. The molecule has 0 atom stereocenters. The number of carbonyl (C=O) groups excluding carboxylic acids is 2. The maximum absolute atomic E-state index is 14.6. The summed E-state index contributed by atoms with van der Waals surface area (Å²) in [6, 6.07) is 8.14. The van der Waals surface area contributed by atoms with Crippen molar-refractivity contribution in [2.45, 2.75) is 13.5 Å². The first-order valence-corrected chi connectivity index (χ1v) is 10.2. The zero-order valence-corrected chi connectivity index (χ0v) is 18.9. The molecule has 3 rings (SSSR count). The van der Waals surface area contributed by atoms with Crippen LogP contribution in [-0.4, -0.2) is 35.9 Å². The standard InChI is InChI=1S/C24H24FN5O4/c1-5-20(31)29-18-8-6-7-14(2)22(18)30-24-27-11-17(12-28-24)34-13-16-9-15(23(32)26-3)10-19(33-4)21(16)25/h5-12H,1,13H2,2-4H3,(H,26,32)(H,29,31)(H,27,28,30). The first-order chi connectivity index (χ1) is 16.4. The van der Waals surface area contributed by atoms with Crippen LogP contribution in [0.2, 0.25) is 0 Å². The molecule has 1 heterocycles. The number of carbonyl (C=O) groups is 2. The van der Waals surface area contributed by atoms with Crippen LogP contribution in [0.5, 0.6) is 11.5 Å². The van der Waals surface area contributed by atoms with E-state index in [4.69, 9.17) is 9.47 Å². The number of nitrogens with zero attached hydrogens (tertiary/aromatic N) is 2. The number of rotatable bonds is 9. The molecule has 3 aromatic rings. The fourth-order valence-corrected chi connectivity index (χ4v) is 3.03. The summed E-state index contributed by atoms with van der Waals surface area (Å²) >= 11 is 0. The van der Waals surface area contributed by atoms with Crippen LogP contribution in [0.1, 0.15) is 21.5 Å². The Morgan fingerprint density at radius 1 is 1.21 bits per heavy atom. The van der Waals surface area contributed by atoms with Gasteiger partial charge in [-0.05, 0) is 36.8 Å². The van der Waals surface area contributed by atoms with Crippen molar-refractivity contribution < 1.29 is 23.5 Å². The number of aromatic nitrogens is 2. The molecule has 0 aliphatic rings. The number of methoxy groups -OCH3 is 1. The van der Waals surface area contributed by atoms with Crippen LogP contribution in [-0.2, 0) is 11.4 Å². The van der Waals surface area contributed by atoms with Gasteiger partial charge in [0.1, 0.15) is 6.61 Å². The third-order valence-electron chi connectivity index (χ3n) is 4.80. The molecule has 0 aliphatic carbocycles. The monoisotopic (exact) mass is 465 g/mol. The summed E-state index contributed by atoms with van der Waals surface area (Å²) in [6.45, 7) is 5.16. The number of para-hydroxylation sites is 1. The molecule has 2 aromatic carbocycles. The highest BCUT2D eigenvalue weighted by Crippen LogP contribution is 2.28. The average Bonchev–Trinajstić information content (AvgIpc) is 2.85. The SMILES string of the molecule is C=CC(=O)Nc1cccc(C)c1Nc1ncc(OCc2cc(C(=O)NC)cc(OC)c2F)cn1. The number of amides is 2. The summed E-state index contributed by atoms with van der Waals surface area (Å²) in [5.74, 6) is -0.846. The zero-order chi connectivity index (χ0) is 24.7. The van der Waals surface area contributed by atoms with Crippen LogP contribution in [0, 0.1) is 12.7 Å². The van der Waals surface area contributed by atoms with Gasteiger partial charge >= 0.3 is 0 Å². The molecule has 9 nitrogen and oxygen atoms in total. The molecule has 0 fully saturated rings. The summed E-state index contributed by atoms with van der Waals surface area (Å²) in [6.07, 6.45) is 4.03. The van der Waals surface area contributed by atoms with Crippen LogP contribution in [0.25, 0.3) is 0 Å². The van der Waals surface area contributed by atoms with E-state index in [2.05, 4.69) is 32.5 Å². The molecule has 0 spiro atoms. The fraction of sp³-hybridized carbons (Fsp3) is 0.167. The summed E-state index contributed by atoms with van der Waals surface area (Å²) in [7, 11) is 2.80. The van der Waals surface area contributed by atoms with Gasteiger partial charge in [0.2, 0.25) is 11.9 Å². The van der Waals surface area contributed by atoms with E-state index < -0.39 is 5.82 Å². The van der Waals surface area contributed by atoms with E-state index in [0.29, 0.717) is 17.1 Å². The first kappa shape index (κ1) is 24.2. The highest BCUT2D eigenvalue weighted by molar-refractivity contribution is 6.01. The second-order valence-electron chi connectivity index (χ2n) is 7.08. The quantitative estimate of drug-likeness (QED) is 0.413. The highest BCUT2D eigenvalue weighted by atomic mass is 19.1. The predicted octanol–water partition coefficient (Wildman–Crippen LogP) is 3.74. The molecule has 0 aliphatic heterocycles. The lowest BCUT2D eigenvalue weighted by Crippen LogP contribution is -2.18. The zero-order valence-electron chi connectivity index (χ0n) is 18.9. The lowest BCUT2D eigenvalue weighted by molar-refractivity contribution is -0.111. The Bertz CT molecular complexity index is 1210. The van der Waals surface area contributed by atoms with E-state index >= 15 is 0 Å². The normalized spacial score (nSPS) is 10.2. The van der Waals surface area contributed by atoms with Gasteiger partial charge in [0.15, 0.2) is 17.3 Å². The minimum absolute atomic E-state index is 0.0620. The van der Waals surface area contributed by atoms with Gasteiger partial charge in [0, 0.05) is 18.2 Å². The van der Waals surface area contributed by atoms with Crippen LogP contribution >= 0.6 is 0 Å².